The molecular weight excluding hydrogens is 278 g/mol. The second kappa shape index (κ2) is 5.51. The number of ketones is 1. The monoisotopic (exact) mass is 290 g/mol. The molecule has 0 amide bonds. The van der Waals surface area contributed by atoms with Gasteiger partial charge in [-0.05, 0) is 35.9 Å². The van der Waals surface area contributed by atoms with Crippen molar-refractivity contribution in [1.82, 2.24) is 0 Å². The minimum absolute atomic E-state index is 0.0277. The highest BCUT2D eigenvalue weighted by Gasteiger charge is 2.18. The molecule has 0 aliphatic carbocycles. The van der Waals surface area contributed by atoms with Gasteiger partial charge in [0.05, 0.1) is 0 Å². The van der Waals surface area contributed by atoms with Crippen LogP contribution < -0.4 is 14.0 Å². The highest BCUT2D eigenvalue weighted by Crippen LogP contribution is 2.30. The summed E-state index contributed by atoms with van der Waals surface area (Å²) in [6.45, 7) is 1.24. The zero-order valence-electron chi connectivity index (χ0n) is 10.7. The summed E-state index contributed by atoms with van der Waals surface area (Å²) in [5, 5.41) is 0.526. The van der Waals surface area contributed by atoms with Crippen molar-refractivity contribution in [2.24, 2.45) is 0 Å². The Morgan fingerprint density at radius 1 is 1.15 bits per heavy atom. The molecule has 0 bridgehead atoms. The maximum absolute atomic E-state index is 12.3. The van der Waals surface area contributed by atoms with Crippen molar-refractivity contribution in [2.45, 2.75) is 6.54 Å². The molecule has 3 rings (SSSR count). The van der Waals surface area contributed by atoms with E-state index < -0.39 is 0 Å². The van der Waals surface area contributed by atoms with E-state index in [-0.39, 0.29) is 12.3 Å². The van der Waals surface area contributed by atoms with Gasteiger partial charge in [-0.25, -0.2) is 0 Å². The largest absolute Gasteiger partial charge is 0.486 e. The fourth-order valence-corrected chi connectivity index (χ4v) is 2.24. The molecule has 1 aromatic heterocycles. The van der Waals surface area contributed by atoms with E-state index >= 15 is 0 Å². The molecule has 0 fully saturated rings. The van der Waals surface area contributed by atoms with Crippen LogP contribution in [0.1, 0.15) is 10.4 Å². The predicted octanol–water partition coefficient (Wildman–Crippen LogP) is 2.28. The van der Waals surface area contributed by atoms with Crippen LogP contribution >= 0.6 is 11.6 Å². The number of nitrogens with zero attached hydrogens (tertiary/aromatic N) is 1. The minimum Gasteiger partial charge on any atom is -0.486 e. The lowest BCUT2D eigenvalue weighted by atomic mass is 10.1. The topological polar surface area (TPSA) is 39.4 Å². The number of rotatable bonds is 3. The molecule has 1 aliphatic rings. The molecule has 0 N–H and O–H groups in total. The van der Waals surface area contributed by atoms with Gasteiger partial charge in [0.25, 0.3) is 5.15 Å². The van der Waals surface area contributed by atoms with Gasteiger partial charge in [0.15, 0.2) is 17.7 Å². The van der Waals surface area contributed by atoms with Crippen molar-refractivity contribution in [1.29, 1.82) is 0 Å². The predicted molar refractivity (Wildman–Crippen MR) is 73.4 cm³/mol. The number of carbonyl (C=O) groups excluding carboxylic acids is 1. The van der Waals surface area contributed by atoms with E-state index in [0.717, 1.165) is 0 Å². The van der Waals surface area contributed by atoms with Gasteiger partial charge < -0.3 is 9.47 Å². The van der Waals surface area contributed by atoms with Crippen LogP contribution in [0.25, 0.3) is 0 Å². The number of aromatic nitrogens is 1. The zero-order chi connectivity index (χ0) is 13.9. The van der Waals surface area contributed by atoms with Crippen LogP contribution in [-0.4, -0.2) is 19.0 Å². The summed E-state index contributed by atoms with van der Waals surface area (Å²) in [4.78, 5) is 12.3. The summed E-state index contributed by atoms with van der Waals surface area (Å²) >= 11 is 6.04. The molecule has 2 heterocycles. The molecule has 5 heteroatoms. The normalized spacial score (nSPS) is 13.1. The Hall–Kier alpha value is -2.07. The van der Waals surface area contributed by atoms with Crippen molar-refractivity contribution >= 4 is 17.4 Å². The van der Waals surface area contributed by atoms with Gasteiger partial charge in [0, 0.05) is 17.7 Å². The molecule has 1 aromatic carbocycles. The van der Waals surface area contributed by atoms with Crippen molar-refractivity contribution in [3.8, 4) is 11.5 Å². The Kier molecular flexibility index (Phi) is 3.56. The second-order valence-electron chi connectivity index (χ2n) is 4.43. The van der Waals surface area contributed by atoms with Gasteiger partial charge in [-0.15, -0.1) is 0 Å². The quantitative estimate of drug-likeness (QED) is 0.495. The van der Waals surface area contributed by atoms with Crippen molar-refractivity contribution in [3.63, 3.8) is 0 Å². The number of carbonyl (C=O) groups is 1. The number of hydrogen-bond acceptors (Lipinski definition) is 3. The second-order valence-corrected chi connectivity index (χ2v) is 4.82. The molecule has 4 nitrogen and oxygen atoms in total. The zero-order valence-corrected chi connectivity index (χ0v) is 11.5. The van der Waals surface area contributed by atoms with Gasteiger partial charge in [-0.1, -0.05) is 0 Å². The van der Waals surface area contributed by atoms with E-state index in [0.29, 0.717) is 35.4 Å². The molecule has 1 aliphatic heterocycles. The number of fused-ring (bicyclic) bond motifs is 1. The average molecular weight is 291 g/mol. The smallest absolute Gasteiger partial charge is 0.275 e. The van der Waals surface area contributed by atoms with Crippen LogP contribution in [0.5, 0.6) is 11.5 Å². The van der Waals surface area contributed by atoms with Crippen LogP contribution in [0.3, 0.4) is 0 Å². The third-order valence-corrected chi connectivity index (χ3v) is 3.41. The highest BCUT2D eigenvalue weighted by atomic mass is 35.5. The molecule has 0 unspecified atom stereocenters. The molecule has 20 heavy (non-hydrogen) atoms. The van der Waals surface area contributed by atoms with Crippen LogP contribution in [0.15, 0.2) is 42.6 Å². The lowest BCUT2D eigenvalue weighted by molar-refractivity contribution is -0.681. The average Bonchev–Trinajstić information content (AvgIpc) is 2.49. The van der Waals surface area contributed by atoms with Crippen LogP contribution in [-0.2, 0) is 6.54 Å². The first kappa shape index (κ1) is 12.9. The summed E-state index contributed by atoms with van der Waals surface area (Å²) in [6.07, 6.45) is 1.78. The van der Waals surface area contributed by atoms with Crippen LogP contribution in [0.4, 0.5) is 0 Å². The maximum atomic E-state index is 12.3. The van der Waals surface area contributed by atoms with Gasteiger partial charge in [-0.2, -0.15) is 4.57 Å². The Morgan fingerprint density at radius 2 is 1.95 bits per heavy atom. The van der Waals surface area contributed by atoms with Crippen molar-refractivity contribution in [3.05, 3.63) is 53.3 Å². The standard InChI is InChI=1S/C15H13ClNO3/c16-15-3-1-2-6-17(15)10-12(18)11-4-5-13-14(9-11)20-8-7-19-13/h1-6,9H,7-8,10H2/q+1. The number of ether oxygens (including phenoxy) is 2. The molecule has 102 valence electrons. The fourth-order valence-electron chi connectivity index (χ4n) is 2.05. The molecule has 0 radical (unpaired) electrons. The van der Waals surface area contributed by atoms with Gasteiger partial charge in [0.1, 0.15) is 13.2 Å². The Morgan fingerprint density at radius 3 is 2.75 bits per heavy atom. The summed E-state index contributed by atoms with van der Waals surface area (Å²) < 4.78 is 12.6. The van der Waals surface area contributed by atoms with Gasteiger partial charge in [0.2, 0.25) is 12.3 Å². The van der Waals surface area contributed by atoms with E-state index in [1.807, 2.05) is 12.1 Å². The number of pyridine rings is 1. The molecule has 0 atom stereocenters. The third-order valence-electron chi connectivity index (χ3n) is 3.06. The number of benzene rings is 1. The SMILES string of the molecule is O=C(C[n+]1ccccc1Cl)c1ccc2c(c1)OCCO2. The number of hydrogen-bond donors (Lipinski definition) is 0. The first-order valence-electron chi connectivity index (χ1n) is 6.31. The van der Waals surface area contributed by atoms with E-state index in [4.69, 9.17) is 21.1 Å². The third kappa shape index (κ3) is 2.60. The summed E-state index contributed by atoms with van der Waals surface area (Å²) in [5.74, 6) is 1.27. The maximum Gasteiger partial charge on any atom is 0.275 e. The fraction of sp³-hybridized carbons (Fsp3) is 0.200. The summed E-state index contributed by atoms with van der Waals surface area (Å²) in [6, 6.07) is 10.6. The first-order valence-corrected chi connectivity index (χ1v) is 6.68. The number of Topliss-reactive ketones (excluding diaryl/α,β-unsaturated/α-hetero) is 1. The molecule has 0 spiro atoms. The number of halogens is 1. The van der Waals surface area contributed by atoms with Crippen molar-refractivity contribution in [2.75, 3.05) is 13.2 Å². The van der Waals surface area contributed by atoms with E-state index in [1.165, 1.54) is 0 Å². The summed E-state index contributed by atoms with van der Waals surface area (Å²) in [7, 11) is 0. The van der Waals surface area contributed by atoms with Gasteiger partial charge >= 0.3 is 0 Å². The lowest BCUT2D eigenvalue weighted by Crippen LogP contribution is -2.38. The molecule has 2 aromatic rings. The van der Waals surface area contributed by atoms with E-state index in [9.17, 15) is 4.79 Å². The van der Waals surface area contributed by atoms with Gasteiger partial charge in [-0.3, -0.25) is 4.79 Å². The molecular formula is C15H13ClNO3+. The first-order chi connectivity index (χ1) is 9.74. The van der Waals surface area contributed by atoms with Crippen LogP contribution in [0.2, 0.25) is 5.15 Å². The molecule has 0 saturated carbocycles. The summed E-state index contributed by atoms with van der Waals surface area (Å²) in [5.41, 5.74) is 0.585. The van der Waals surface area contributed by atoms with E-state index in [2.05, 4.69) is 0 Å². The van der Waals surface area contributed by atoms with Crippen LogP contribution in [0, 0.1) is 0 Å². The highest BCUT2D eigenvalue weighted by molar-refractivity contribution is 6.28. The Bertz CT molecular complexity index is 657. The lowest BCUT2D eigenvalue weighted by Gasteiger charge is -2.18. The van der Waals surface area contributed by atoms with Crippen molar-refractivity contribution < 1.29 is 18.8 Å². The Labute approximate surface area is 121 Å². The van der Waals surface area contributed by atoms with E-state index in [1.54, 1.807) is 35.0 Å². The minimum atomic E-state index is -0.0277. The molecule has 0 saturated heterocycles. The Balaban J connectivity index is 1.82.